The van der Waals surface area contributed by atoms with Gasteiger partial charge in [0.2, 0.25) is 0 Å². The Morgan fingerprint density at radius 2 is 1.89 bits per heavy atom. The first-order valence-corrected chi connectivity index (χ1v) is 7.76. The van der Waals surface area contributed by atoms with Gasteiger partial charge in [-0.1, -0.05) is 6.42 Å². The van der Waals surface area contributed by atoms with Gasteiger partial charge in [0.25, 0.3) is 0 Å². The molecule has 2 N–H and O–H groups in total. The second-order valence-electron chi connectivity index (χ2n) is 4.80. The zero-order valence-electron chi connectivity index (χ0n) is 11.6. The molecule has 2 unspecified atom stereocenters. The van der Waals surface area contributed by atoms with Gasteiger partial charge in [-0.3, -0.25) is 0 Å². The number of hydrogen-bond donors (Lipinski definition) is 2. The molecule has 1 aromatic rings. The van der Waals surface area contributed by atoms with Gasteiger partial charge in [0.1, 0.15) is 17.5 Å². The van der Waals surface area contributed by atoms with E-state index in [1.54, 1.807) is 0 Å². The quantitative estimate of drug-likeness (QED) is 0.877. The van der Waals surface area contributed by atoms with Crippen molar-refractivity contribution in [1.82, 2.24) is 9.97 Å². The zero-order valence-corrected chi connectivity index (χ0v) is 12.4. The Kier molecular flexibility index (Phi) is 4.32. The first kappa shape index (κ1) is 13.5. The first-order valence-electron chi connectivity index (χ1n) is 6.48. The summed E-state index contributed by atoms with van der Waals surface area (Å²) in [4.78, 5) is 8.94. The number of hydrogen-bond acceptors (Lipinski definition) is 5. The molecule has 0 bridgehead atoms. The summed E-state index contributed by atoms with van der Waals surface area (Å²) >= 11 is 1.96. The molecule has 1 aliphatic rings. The molecule has 2 rings (SSSR count). The minimum absolute atomic E-state index is 0.540. The topological polar surface area (TPSA) is 49.8 Å². The largest absolute Gasteiger partial charge is 0.373 e. The van der Waals surface area contributed by atoms with Crippen molar-refractivity contribution in [3.63, 3.8) is 0 Å². The van der Waals surface area contributed by atoms with Crippen LogP contribution < -0.4 is 10.6 Å². The van der Waals surface area contributed by atoms with Crippen LogP contribution in [-0.4, -0.2) is 34.6 Å². The molecule has 0 spiro atoms. The minimum atomic E-state index is 0.540. The summed E-state index contributed by atoms with van der Waals surface area (Å²) in [6, 6.07) is 0.540. The molecule has 1 aromatic heterocycles. The highest BCUT2D eigenvalue weighted by molar-refractivity contribution is 7.99. The predicted octanol–water partition coefficient (Wildman–Crippen LogP) is 2.83. The van der Waals surface area contributed by atoms with Gasteiger partial charge >= 0.3 is 0 Å². The standard InChI is InChI=1S/C13H22N4S/c1-8-12(14-3)15-9(2)16-13(8)17-10-6-5-7-11(10)18-4/h10-11H,5-7H2,1-4H3,(H2,14,15,16,17). The Morgan fingerprint density at radius 1 is 1.17 bits per heavy atom. The molecule has 4 nitrogen and oxygen atoms in total. The van der Waals surface area contributed by atoms with Crippen molar-refractivity contribution < 1.29 is 0 Å². The number of nitrogens with one attached hydrogen (secondary N) is 2. The summed E-state index contributed by atoms with van der Waals surface area (Å²) < 4.78 is 0. The summed E-state index contributed by atoms with van der Waals surface area (Å²) in [5.74, 6) is 2.72. The number of aryl methyl sites for hydroxylation is 1. The summed E-state index contributed by atoms with van der Waals surface area (Å²) in [6.45, 7) is 4.00. The van der Waals surface area contributed by atoms with E-state index >= 15 is 0 Å². The normalized spacial score (nSPS) is 23.1. The van der Waals surface area contributed by atoms with Gasteiger partial charge in [-0.2, -0.15) is 11.8 Å². The van der Waals surface area contributed by atoms with Crippen LogP contribution in [0.25, 0.3) is 0 Å². The van der Waals surface area contributed by atoms with Crippen molar-refractivity contribution in [3.8, 4) is 0 Å². The number of nitrogens with zero attached hydrogens (tertiary/aromatic N) is 2. The Morgan fingerprint density at radius 3 is 2.56 bits per heavy atom. The van der Waals surface area contributed by atoms with Crippen LogP contribution in [0.5, 0.6) is 0 Å². The fraction of sp³-hybridized carbons (Fsp3) is 0.692. The fourth-order valence-corrected chi connectivity index (χ4v) is 3.50. The third-order valence-electron chi connectivity index (χ3n) is 3.57. The molecule has 0 saturated heterocycles. The van der Waals surface area contributed by atoms with Crippen molar-refractivity contribution >= 4 is 23.4 Å². The Balaban J connectivity index is 2.20. The van der Waals surface area contributed by atoms with E-state index in [1.165, 1.54) is 19.3 Å². The molecule has 1 aliphatic carbocycles. The minimum Gasteiger partial charge on any atom is -0.373 e. The lowest BCUT2D eigenvalue weighted by atomic mass is 10.2. The van der Waals surface area contributed by atoms with Gasteiger partial charge in [0.05, 0.1) is 0 Å². The van der Waals surface area contributed by atoms with E-state index in [-0.39, 0.29) is 0 Å². The number of aromatic nitrogens is 2. The maximum Gasteiger partial charge on any atom is 0.135 e. The number of rotatable bonds is 4. The maximum atomic E-state index is 4.54. The zero-order chi connectivity index (χ0) is 13.1. The summed E-state index contributed by atoms with van der Waals surface area (Å²) in [5.41, 5.74) is 1.11. The second-order valence-corrected chi connectivity index (χ2v) is 5.88. The van der Waals surface area contributed by atoms with E-state index in [9.17, 15) is 0 Å². The summed E-state index contributed by atoms with van der Waals surface area (Å²) in [7, 11) is 1.90. The van der Waals surface area contributed by atoms with Gasteiger partial charge < -0.3 is 10.6 Å². The van der Waals surface area contributed by atoms with Crippen LogP contribution in [0.4, 0.5) is 11.6 Å². The lowest BCUT2D eigenvalue weighted by Gasteiger charge is -2.21. The predicted molar refractivity (Wildman–Crippen MR) is 79.6 cm³/mol. The van der Waals surface area contributed by atoms with Crippen molar-refractivity contribution in [3.05, 3.63) is 11.4 Å². The Labute approximate surface area is 113 Å². The van der Waals surface area contributed by atoms with Crippen molar-refractivity contribution in [1.29, 1.82) is 0 Å². The average Bonchev–Trinajstić information content (AvgIpc) is 2.80. The fourth-order valence-electron chi connectivity index (χ4n) is 2.56. The van der Waals surface area contributed by atoms with Crippen LogP contribution in [0.3, 0.4) is 0 Å². The molecule has 5 heteroatoms. The van der Waals surface area contributed by atoms with Gasteiger partial charge in [-0.05, 0) is 32.9 Å². The first-order chi connectivity index (χ1) is 8.65. The number of thioether (sulfide) groups is 1. The van der Waals surface area contributed by atoms with Gasteiger partial charge in [-0.25, -0.2) is 9.97 Å². The molecule has 18 heavy (non-hydrogen) atoms. The van der Waals surface area contributed by atoms with E-state index in [1.807, 2.05) is 25.7 Å². The molecule has 0 radical (unpaired) electrons. The van der Waals surface area contributed by atoms with E-state index < -0.39 is 0 Å². The Bertz CT molecular complexity index is 422. The molecule has 0 amide bonds. The smallest absolute Gasteiger partial charge is 0.135 e. The molecular weight excluding hydrogens is 244 g/mol. The maximum absolute atomic E-state index is 4.54. The van der Waals surface area contributed by atoms with E-state index in [2.05, 4.69) is 33.8 Å². The third kappa shape index (κ3) is 2.71. The summed E-state index contributed by atoms with van der Waals surface area (Å²) in [5, 5.41) is 7.45. The Hall–Kier alpha value is -0.970. The highest BCUT2D eigenvalue weighted by Gasteiger charge is 2.27. The second kappa shape index (κ2) is 5.78. The lowest BCUT2D eigenvalue weighted by Crippen LogP contribution is -2.27. The van der Waals surface area contributed by atoms with E-state index in [4.69, 9.17) is 0 Å². The molecule has 1 saturated carbocycles. The van der Waals surface area contributed by atoms with Crippen LogP contribution in [-0.2, 0) is 0 Å². The molecule has 2 atom stereocenters. The van der Waals surface area contributed by atoms with Crippen LogP contribution >= 0.6 is 11.8 Å². The lowest BCUT2D eigenvalue weighted by molar-refractivity contribution is 0.759. The highest BCUT2D eigenvalue weighted by Crippen LogP contribution is 2.31. The average molecular weight is 266 g/mol. The van der Waals surface area contributed by atoms with E-state index in [0.29, 0.717) is 11.3 Å². The van der Waals surface area contributed by atoms with Crippen molar-refractivity contribution in [2.75, 3.05) is 23.9 Å². The molecule has 0 aromatic carbocycles. The van der Waals surface area contributed by atoms with Crippen LogP contribution in [0.15, 0.2) is 0 Å². The van der Waals surface area contributed by atoms with Gasteiger partial charge in [0, 0.05) is 23.9 Å². The summed E-state index contributed by atoms with van der Waals surface area (Å²) in [6.07, 6.45) is 6.05. The molecular formula is C13H22N4S. The van der Waals surface area contributed by atoms with E-state index in [0.717, 1.165) is 23.0 Å². The van der Waals surface area contributed by atoms with Crippen LogP contribution in [0.2, 0.25) is 0 Å². The van der Waals surface area contributed by atoms with Crippen molar-refractivity contribution in [2.24, 2.45) is 0 Å². The van der Waals surface area contributed by atoms with Gasteiger partial charge in [0.15, 0.2) is 0 Å². The highest BCUT2D eigenvalue weighted by atomic mass is 32.2. The van der Waals surface area contributed by atoms with Crippen molar-refractivity contribution in [2.45, 2.75) is 44.4 Å². The van der Waals surface area contributed by atoms with Crippen LogP contribution in [0.1, 0.15) is 30.7 Å². The number of anilines is 2. The molecule has 1 heterocycles. The SMILES string of the molecule is CNc1nc(C)nc(NC2CCCC2SC)c1C. The molecule has 100 valence electrons. The third-order valence-corrected chi connectivity index (χ3v) is 4.74. The monoisotopic (exact) mass is 266 g/mol. The van der Waals surface area contributed by atoms with Gasteiger partial charge in [-0.15, -0.1) is 0 Å². The van der Waals surface area contributed by atoms with Crippen LogP contribution in [0, 0.1) is 13.8 Å². The molecule has 1 fully saturated rings. The molecule has 0 aliphatic heterocycles.